The van der Waals surface area contributed by atoms with Crippen LogP contribution in [0.15, 0.2) is 65.6 Å². The van der Waals surface area contributed by atoms with Gasteiger partial charge in [-0.05, 0) is 89.6 Å². The molecule has 8 nitrogen and oxygen atoms in total. The Morgan fingerprint density at radius 3 is 2.12 bits per heavy atom. The van der Waals surface area contributed by atoms with Gasteiger partial charge < -0.3 is 10.4 Å². The summed E-state index contributed by atoms with van der Waals surface area (Å²) < 4.78 is 103. The molecule has 0 spiro atoms. The van der Waals surface area contributed by atoms with Crippen molar-refractivity contribution in [3.05, 3.63) is 129 Å². The fourth-order valence-corrected chi connectivity index (χ4v) is 7.53. The number of rotatable bonds is 11. The Kier molecular flexibility index (Phi) is 10.6. The van der Waals surface area contributed by atoms with Crippen LogP contribution >= 0.6 is 0 Å². The summed E-state index contributed by atoms with van der Waals surface area (Å²) in [5.74, 6) is -14.9. The zero-order chi connectivity index (χ0) is 38.3. The minimum absolute atomic E-state index is 0.0284. The average molecular weight is 740 g/mol. The van der Waals surface area contributed by atoms with E-state index in [4.69, 9.17) is 0 Å². The summed E-state index contributed by atoms with van der Waals surface area (Å²) in [6.07, 6.45) is 1.35. The number of sulfonamides is 1. The first-order chi connectivity index (χ1) is 24.3. The van der Waals surface area contributed by atoms with E-state index >= 15 is 8.78 Å². The number of carbonyl (C=O) groups excluding carboxylic acids is 1. The van der Waals surface area contributed by atoms with E-state index in [0.717, 1.165) is 24.0 Å². The van der Waals surface area contributed by atoms with Crippen molar-refractivity contribution in [2.75, 3.05) is 5.32 Å². The molecule has 1 aliphatic carbocycles. The number of carbonyl (C=O) groups is 2. The van der Waals surface area contributed by atoms with Crippen LogP contribution in [0.4, 0.5) is 27.6 Å². The number of nitriles is 1. The van der Waals surface area contributed by atoms with Gasteiger partial charge in [-0.1, -0.05) is 57.2 Å². The predicted molar refractivity (Wildman–Crippen MR) is 181 cm³/mol. The molecule has 0 aromatic heterocycles. The highest BCUT2D eigenvalue weighted by atomic mass is 32.2. The van der Waals surface area contributed by atoms with E-state index in [2.05, 4.69) is 5.32 Å². The van der Waals surface area contributed by atoms with E-state index in [-0.39, 0.29) is 33.9 Å². The molecule has 4 aromatic carbocycles. The number of aromatic carboxylic acids is 1. The number of benzene rings is 4. The second kappa shape index (κ2) is 14.5. The molecule has 5 rings (SSSR count). The molecule has 0 bridgehead atoms. The van der Waals surface area contributed by atoms with Crippen molar-refractivity contribution in [2.45, 2.75) is 75.8 Å². The smallest absolute Gasteiger partial charge is 0.335 e. The molecule has 1 unspecified atom stereocenters. The van der Waals surface area contributed by atoms with Gasteiger partial charge in [0.1, 0.15) is 6.04 Å². The van der Waals surface area contributed by atoms with Gasteiger partial charge >= 0.3 is 5.97 Å². The van der Waals surface area contributed by atoms with Crippen molar-refractivity contribution in [1.29, 1.82) is 5.26 Å². The molecule has 52 heavy (non-hydrogen) atoms. The lowest BCUT2D eigenvalue weighted by Crippen LogP contribution is -2.49. The van der Waals surface area contributed by atoms with Crippen molar-refractivity contribution in [1.82, 2.24) is 4.31 Å². The fourth-order valence-electron chi connectivity index (χ4n) is 5.85. The minimum Gasteiger partial charge on any atom is -0.478 e. The Morgan fingerprint density at radius 1 is 0.942 bits per heavy atom. The first-order valence-electron chi connectivity index (χ1n) is 16.2. The molecule has 4 aromatic rings. The van der Waals surface area contributed by atoms with E-state index in [1.165, 1.54) is 49.4 Å². The Balaban J connectivity index is 1.76. The van der Waals surface area contributed by atoms with Gasteiger partial charge in [0.2, 0.25) is 21.7 Å². The molecule has 1 fully saturated rings. The number of hydrogen-bond acceptors (Lipinski definition) is 5. The maximum Gasteiger partial charge on any atom is 0.335 e. The van der Waals surface area contributed by atoms with Crippen molar-refractivity contribution in [3.63, 3.8) is 0 Å². The Bertz CT molecular complexity index is 2220. The van der Waals surface area contributed by atoms with Crippen molar-refractivity contribution >= 4 is 27.6 Å². The van der Waals surface area contributed by atoms with Crippen molar-refractivity contribution < 1.29 is 45.1 Å². The molecule has 0 saturated heterocycles. The molecule has 2 N–H and O–H groups in total. The lowest BCUT2D eigenvalue weighted by molar-refractivity contribution is -0.119. The topological polar surface area (TPSA) is 128 Å². The number of nitrogens with one attached hydrogen (secondary N) is 1. The van der Waals surface area contributed by atoms with Crippen LogP contribution < -0.4 is 5.32 Å². The summed E-state index contributed by atoms with van der Waals surface area (Å²) in [7, 11) is -5.80. The first-order valence-corrected chi connectivity index (χ1v) is 17.6. The summed E-state index contributed by atoms with van der Waals surface area (Å²) >= 11 is 0. The maximum atomic E-state index is 15.3. The van der Waals surface area contributed by atoms with Gasteiger partial charge in [0.25, 0.3) is 0 Å². The van der Waals surface area contributed by atoms with Gasteiger partial charge in [0.15, 0.2) is 28.2 Å². The maximum absolute atomic E-state index is 15.3. The molecule has 14 heteroatoms. The van der Waals surface area contributed by atoms with Gasteiger partial charge in [-0.25, -0.2) is 35.2 Å². The molecule has 0 radical (unpaired) electrons. The van der Waals surface area contributed by atoms with Crippen LogP contribution in [-0.4, -0.2) is 35.7 Å². The number of halogens is 5. The standard InChI is InChI=1S/C38H34F5N3O5S/c1-20-13-23(37(48)49)11-12-28(20)45-36(47)29(16-21-14-26(22-9-10-22)17-27(15-21)38(2,3)4)46(19-25-8-6-5-7-24(25)18-44)52(50,51)35-33(42)31(40)30(39)32(41)34(35)43/h5-8,11-15,17,22,29H,9-10,16,19H2,1-4H3,(H,45,47)(H,48,49). The number of anilines is 1. The fraction of sp³-hybridized carbons (Fsp3) is 0.289. The van der Waals surface area contributed by atoms with Crippen LogP contribution in [0.3, 0.4) is 0 Å². The lowest BCUT2D eigenvalue weighted by Gasteiger charge is -2.31. The number of nitrogens with zero attached hydrogens (tertiary/aromatic N) is 2. The molecular formula is C38H34F5N3O5S. The van der Waals surface area contributed by atoms with Gasteiger partial charge in [0.05, 0.1) is 17.2 Å². The monoisotopic (exact) mass is 739 g/mol. The summed E-state index contributed by atoms with van der Waals surface area (Å²) in [5.41, 5.74) is 1.91. The third kappa shape index (κ3) is 7.70. The van der Waals surface area contributed by atoms with Gasteiger partial charge in [-0.15, -0.1) is 0 Å². The predicted octanol–water partition coefficient (Wildman–Crippen LogP) is 7.88. The Morgan fingerprint density at radius 2 is 1.56 bits per heavy atom. The molecule has 0 heterocycles. The van der Waals surface area contributed by atoms with Gasteiger partial charge in [-0.3, -0.25) is 4.79 Å². The van der Waals surface area contributed by atoms with Crippen LogP contribution in [0, 0.1) is 47.3 Å². The molecule has 272 valence electrons. The molecule has 1 aliphatic rings. The van der Waals surface area contributed by atoms with E-state index in [0.29, 0.717) is 9.87 Å². The number of carboxylic acid groups (broad SMARTS) is 1. The number of carboxylic acids is 1. The van der Waals surface area contributed by atoms with E-state index in [1.54, 1.807) is 12.1 Å². The van der Waals surface area contributed by atoms with Gasteiger partial charge in [0, 0.05) is 12.2 Å². The Hall–Kier alpha value is -5.13. The zero-order valence-electron chi connectivity index (χ0n) is 28.5. The summed E-state index contributed by atoms with van der Waals surface area (Å²) in [6, 6.07) is 14.8. The van der Waals surface area contributed by atoms with E-state index < -0.39 is 80.3 Å². The SMILES string of the molecule is Cc1cc(C(=O)O)ccc1NC(=O)C(Cc1cc(C2CC2)cc(C(C)(C)C)c1)N(Cc1ccccc1C#N)S(=O)(=O)c1c(F)c(F)c(F)c(F)c1F. The number of hydrogen-bond donors (Lipinski definition) is 2. The minimum atomic E-state index is -5.80. The van der Waals surface area contributed by atoms with Crippen LogP contribution in [0.25, 0.3) is 0 Å². The zero-order valence-corrected chi connectivity index (χ0v) is 29.3. The average Bonchev–Trinajstić information content (AvgIpc) is 3.94. The molecule has 1 saturated carbocycles. The third-order valence-corrected chi connectivity index (χ3v) is 10.8. The summed E-state index contributed by atoms with van der Waals surface area (Å²) in [5, 5.41) is 21.8. The summed E-state index contributed by atoms with van der Waals surface area (Å²) in [4.78, 5) is 23.8. The lowest BCUT2D eigenvalue weighted by atomic mass is 9.83. The highest BCUT2D eigenvalue weighted by Crippen LogP contribution is 2.42. The highest BCUT2D eigenvalue weighted by molar-refractivity contribution is 7.89. The largest absolute Gasteiger partial charge is 0.478 e. The first kappa shape index (κ1) is 38.1. The highest BCUT2D eigenvalue weighted by Gasteiger charge is 2.43. The number of aryl methyl sites for hydroxylation is 1. The van der Waals surface area contributed by atoms with Crippen LogP contribution in [-0.2, 0) is 33.2 Å². The Labute approximate surface area is 297 Å². The quantitative estimate of drug-likeness (QED) is 0.0916. The van der Waals surface area contributed by atoms with Gasteiger partial charge in [-0.2, -0.15) is 9.57 Å². The van der Waals surface area contributed by atoms with E-state index in [9.17, 15) is 41.5 Å². The van der Waals surface area contributed by atoms with E-state index in [1.807, 2.05) is 32.9 Å². The third-order valence-electron chi connectivity index (χ3n) is 8.94. The normalized spacial score (nSPS) is 13.9. The molecular weight excluding hydrogens is 705 g/mol. The molecule has 1 atom stereocenters. The van der Waals surface area contributed by atoms with Crippen LogP contribution in [0.1, 0.15) is 83.3 Å². The van der Waals surface area contributed by atoms with Crippen molar-refractivity contribution in [3.8, 4) is 6.07 Å². The second-order valence-electron chi connectivity index (χ2n) is 13.7. The van der Waals surface area contributed by atoms with Crippen LogP contribution in [0.5, 0.6) is 0 Å². The molecule has 1 amide bonds. The second-order valence-corrected chi connectivity index (χ2v) is 15.6. The summed E-state index contributed by atoms with van der Waals surface area (Å²) in [6.45, 7) is 6.45. The number of amides is 1. The van der Waals surface area contributed by atoms with Crippen molar-refractivity contribution in [2.24, 2.45) is 0 Å². The van der Waals surface area contributed by atoms with Crippen LogP contribution in [0.2, 0.25) is 0 Å². The molecule has 0 aliphatic heterocycles.